The molecule has 6 aromatic rings. The fraction of sp³-hybridized carbons (Fsp3) is 0.128. The van der Waals surface area contributed by atoms with Crippen molar-refractivity contribution < 1.29 is 8.42 Å². The van der Waals surface area contributed by atoms with Crippen molar-refractivity contribution in [1.29, 1.82) is 0 Å². The first kappa shape index (κ1) is 28.1. The second kappa shape index (κ2) is 11.1. The van der Waals surface area contributed by atoms with Crippen LogP contribution in [0.1, 0.15) is 39.1 Å². The lowest BCUT2D eigenvalue weighted by atomic mass is 9.81. The molecule has 1 N–H and O–H groups in total. The van der Waals surface area contributed by atoms with Gasteiger partial charge in [-0.15, -0.1) is 0 Å². The molecule has 5 heteroatoms. The van der Waals surface area contributed by atoms with Crippen LogP contribution in [-0.4, -0.2) is 19.5 Å². The predicted molar refractivity (Wildman–Crippen MR) is 179 cm³/mol. The molecular formula is C39H34N2O2S. The van der Waals surface area contributed by atoms with E-state index in [0.717, 1.165) is 38.9 Å². The van der Waals surface area contributed by atoms with Crippen molar-refractivity contribution in [2.24, 2.45) is 0 Å². The van der Waals surface area contributed by atoms with Crippen molar-refractivity contribution in [3.63, 3.8) is 0 Å². The Kier molecular flexibility index (Phi) is 7.08. The van der Waals surface area contributed by atoms with Gasteiger partial charge in [-0.05, 0) is 66.8 Å². The van der Waals surface area contributed by atoms with Crippen LogP contribution in [0.15, 0.2) is 144 Å². The Bertz CT molecular complexity index is 2100. The summed E-state index contributed by atoms with van der Waals surface area (Å²) in [6.45, 7) is 4.35. The summed E-state index contributed by atoms with van der Waals surface area (Å²) in [6, 6.07) is 45.5. The number of aromatic nitrogens is 1. The van der Waals surface area contributed by atoms with Gasteiger partial charge in [-0.1, -0.05) is 126 Å². The molecule has 1 aliphatic heterocycles. The van der Waals surface area contributed by atoms with Gasteiger partial charge in [-0.25, -0.2) is 13.1 Å². The molecule has 0 amide bonds. The van der Waals surface area contributed by atoms with E-state index in [-0.39, 0.29) is 11.4 Å². The van der Waals surface area contributed by atoms with Crippen LogP contribution >= 0.6 is 0 Å². The predicted octanol–water partition coefficient (Wildman–Crippen LogP) is 8.02. The lowest BCUT2D eigenvalue weighted by Gasteiger charge is -2.33. The largest absolute Gasteiger partial charge is 0.322 e. The Morgan fingerprint density at radius 2 is 1.23 bits per heavy atom. The first-order chi connectivity index (χ1) is 21.4. The number of sulfonamides is 1. The number of nitrogens with zero attached hydrogens (tertiary/aromatic N) is 1. The number of rotatable bonds is 8. The summed E-state index contributed by atoms with van der Waals surface area (Å²) in [5.41, 5.74) is 9.61. The average Bonchev–Trinajstić information content (AvgIpc) is 3.57. The quantitative estimate of drug-likeness (QED) is 0.194. The average molecular weight is 595 g/mol. The molecule has 1 unspecified atom stereocenters. The number of allylic oxidation sites excluding steroid dienone is 1. The number of para-hydroxylation sites is 1. The minimum absolute atomic E-state index is 0.280. The SMILES string of the molecule is Cc1ccc(C2(c3ccccc3)C=C(c3ccccc3)c3c(CCNS(=O)(=O)c4ccc(C)cc4)c4ccccc4n32)cc1. The molecule has 1 aliphatic rings. The summed E-state index contributed by atoms with van der Waals surface area (Å²) in [4.78, 5) is 0.280. The van der Waals surface area contributed by atoms with Crippen molar-refractivity contribution in [1.82, 2.24) is 9.29 Å². The zero-order chi connectivity index (χ0) is 30.3. The van der Waals surface area contributed by atoms with E-state index < -0.39 is 15.6 Å². The van der Waals surface area contributed by atoms with Crippen LogP contribution in [0.3, 0.4) is 0 Å². The molecule has 0 aliphatic carbocycles. The number of nitrogens with one attached hydrogen (secondary N) is 1. The first-order valence-corrected chi connectivity index (χ1v) is 16.5. The number of fused-ring (bicyclic) bond motifs is 3. The van der Waals surface area contributed by atoms with Crippen LogP contribution in [-0.2, 0) is 22.0 Å². The summed E-state index contributed by atoms with van der Waals surface area (Å²) in [7, 11) is -3.65. The van der Waals surface area contributed by atoms with Crippen LogP contribution in [0.25, 0.3) is 16.5 Å². The van der Waals surface area contributed by atoms with E-state index in [9.17, 15) is 8.42 Å². The maximum atomic E-state index is 13.2. The molecule has 218 valence electrons. The number of benzene rings is 5. The Labute approximate surface area is 259 Å². The van der Waals surface area contributed by atoms with Crippen molar-refractivity contribution in [3.05, 3.63) is 179 Å². The van der Waals surface area contributed by atoms with Gasteiger partial charge in [0.15, 0.2) is 0 Å². The second-order valence-corrected chi connectivity index (χ2v) is 13.3. The molecule has 0 radical (unpaired) electrons. The Morgan fingerprint density at radius 1 is 0.659 bits per heavy atom. The molecular weight excluding hydrogens is 561 g/mol. The fourth-order valence-corrected chi connectivity index (χ4v) is 7.62. The Hall–Kier alpha value is -4.71. The lowest BCUT2D eigenvalue weighted by molar-refractivity contribution is 0.566. The van der Waals surface area contributed by atoms with Gasteiger partial charge in [0, 0.05) is 17.5 Å². The zero-order valence-corrected chi connectivity index (χ0v) is 25.7. The third-order valence-corrected chi connectivity index (χ3v) is 10.2. The molecule has 0 saturated heterocycles. The zero-order valence-electron chi connectivity index (χ0n) is 24.9. The van der Waals surface area contributed by atoms with E-state index in [0.29, 0.717) is 6.42 Å². The van der Waals surface area contributed by atoms with Gasteiger partial charge in [0.1, 0.15) is 5.54 Å². The highest BCUT2D eigenvalue weighted by molar-refractivity contribution is 7.89. The molecule has 5 aromatic carbocycles. The topological polar surface area (TPSA) is 51.1 Å². The molecule has 2 heterocycles. The summed E-state index contributed by atoms with van der Waals surface area (Å²) < 4.78 is 31.8. The fourth-order valence-electron chi connectivity index (χ4n) is 6.59. The Morgan fingerprint density at radius 3 is 1.91 bits per heavy atom. The van der Waals surface area contributed by atoms with E-state index in [4.69, 9.17) is 0 Å². The minimum atomic E-state index is -3.65. The van der Waals surface area contributed by atoms with Crippen LogP contribution in [0.2, 0.25) is 0 Å². The highest BCUT2D eigenvalue weighted by Gasteiger charge is 2.44. The summed E-state index contributed by atoms with van der Waals surface area (Å²) in [5, 5.41) is 1.13. The van der Waals surface area contributed by atoms with Crippen molar-refractivity contribution in [2.45, 2.75) is 30.7 Å². The second-order valence-electron chi connectivity index (χ2n) is 11.6. The molecule has 7 rings (SSSR count). The molecule has 0 spiro atoms. The third kappa shape index (κ3) is 4.69. The molecule has 1 aromatic heterocycles. The van der Waals surface area contributed by atoms with E-state index in [1.54, 1.807) is 12.1 Å². The number of aryl methyl sites for hydroxylation is 2. The molecule has 4 nitrogen and oxygen atoms in total. The van der Waals surface area contributed by atoms with E-state index >= 15 is 0 Å². The lowest BCUT2D eigenvalue weighted by Crippen LogP contribution is -2.32. The van der Waals surface area contributed by atoms with Gasteiger partial charge in [0.2, 0.25) is 10.0 Å². The van der Waals surface area contributed by atoms with Crippen LogP contribution in [0, 0.1) is 13.8 Å². The summed E-state index contributed by atoms with van der Waals surface area (Å²) >= 11 is 0. The van der Waals surface area contributed by atoms with Crippen LogP contribution in [0.4, 0.5) is 0 Å². The maximum Gasteiger partial charge on any atom is 0.240 e. The first-order valence-electron chi connectivity index (χ1n) is 15.0. The normalized spacial score (nSPS) is 16.2. The van der Waals surface area contributed by atoms with Gasteiger partial charge in [-0.3, -0.25) is 0 Å². The molecule has 0 saturated carbocycles. The number of hydrogen-bond donors (Lipinski definition) is 1. The van der Waals surface area contributed by atoms with Gasteiger partial charge in [0.25, 0.3) is 0 Å². The number of hydrogen-bond acceptors (Lipinski definition) is 2. The molecule has 0 fully saturated rings. The van der Waals surface area contributed by atoms with E-state index in [1.165, 1.54) is 16.7 Å². The highest BCUT2D eigenvalue weighted by atomic mass is 32.2. The van der Waals surface area contributed by atoms with E-state index in [2.05, 4.69) is 125 Å². The third-order valence-electron chi connectivity index (χ3n) is 8.73. The monoisotopic (exact) mass is 594 g/mol. The van der Waals surface area contributed by atoms with Gasteiger partial charge >= 0.3 is 0 Å². The summed E-state index contributed by atoms with van der Waals surface area (Å²) in [5.74, 6) is 0. The summed E-state index contributed by atoms with van der Waals surface area (Å²) in [6.07, 6.45) is 2.95. The smallest absolute Gasteiger partial charge is 0.240 e. The van der Waals surface area contributed by atoms with Crippen LogP contribution < -0.4 is 4.72 Å². The molecule has 44 heavy (non-hydrogen) atoms. The molecule has 0 bridgehead atoms. The molecule has 1 atom stereocenters. The van der Waals surface area contributed by atoms with Crippen molar-refractivity contribution in [3.8, 4) is 0 Å². The minimum Gasteiger partial charge on any atom is -0.322 e. The van der Waals surface area contributed by atoms with Crippen LogP contribution in [0.5, 0.6) is 0 Å². The van der Waals surface area contributed by atoms with E-state index in [1.807, 2.05) is 25.1 Å². The van der Waals surface area contributed by atoms with Gasteiger partial charge in [0.05, 0.1) is 16.1 Å². The highest BCUT2D eigenvalue weighted by Crippen LogP contribution is 2.51. The van der Waals surface area contributed by atoms with Gasteiger partial charge < -0.3 is 4.57 Å². The Balaban J connectivity index is 1.44. The van der Waals surface area contributed by atoms with Gasteiger partial charge in [-0.2, -0.15) is 0 Å². The van der Waals surface area contributed by atoms with Crippen molar-refractivity contribution >= 4 is 26.5 Å². The van der Waals surface area contributed by atoms with Crippen molar-refractivity contribution in [2.75, 3.05) is 6.54 Å². The standard InChI is InChI=1S/C39H34N2O2S/c1-28-17-21-32(22-18-28)39(31-13-7-4-8-14-31)27-36(30-11-5-3-6-12-30)38-35(34-15-9-10-16-37(34)41(38)39)25-26-40-44(42,43)33-23-19-29(2)20-24-33/h3-24,27,40H,25-26H2,1-2H3. The maximum absolute atomic E-state index is 13.2.